The number of aromatic amines is 1. The number of pyridine rings is 1. The number of nitrogens with zero attached hydrogens (tertiary/aromatic N) is 2. The van der Waals surface area contributed by atoms with E-state index in [0.717, 1.165) is 34.3 Å². The van der Waals surface area contributed by atoms with Crippen molar-refractivity contribution in [2.45, 2.75) is 31.7 Å². The molecular formula is C27H26N4O. The highest BCUT2D eigenvalue weighted by atomic mass is 16.1. The van der Waals surface area contributed by atoms with Crippen LogP contribution in [0.2, 0.25) is 0 Å². The molecule has 1 amide bonds. The van der Waals surface area contributed by atoms with E-state index in [0.29, 0.717) is 11.5 Å². The van der Waals surface area contributed by atoms with E-state index in [1.165, 1.54) is 42.5 Å². The van der Waals surface area contributed by atoms with Gasteiger partial charge in [0.15, 0.2) is 0 Å². The molecule has 0 bridgehead atoms. The molecule has 0 spiro atoms. The number of carbonyl (C=O) groups is 1. The number of aromatic nitrogens is 2. The summed E-state index contributed by atoms with van der Waals surface area (Å²) in [6, 6.07) is 14.4. The first-order valence-corrected chi connectivity index (χ1v) is 11.3. The van der Waals surface area contributed by atoms with Crippen molar-refractivity contribution in [2.24, 2.45) is 5.73 Å². The molecule has 1 atom stereocenters. The molecule has 0 saturated carbocycles. The first-order valence-electron chi connectivity index (χ1n) is 11.3. The van der Waals surface area contributed by atoms with E-state index in [4.69, 9.17) is 10.7 Å². The fourth-order valence-corrected chi connectivity index (χ4v) is 5.62. The van der Waals surface area contributed by atoms with Gasteiger partial charge in [-0.1, -0.05) is 18.2 Å². The molecule has 0 saturated heterocycles. The van der Waals surface area contributed by atoms with E-state index in [1.807, 2.05) is 24.5 Å². The Labute approximate surface area is 187 Å². The van der Waals surface area contributed by atoms with Crippen LogP contribution in [0, 0.1) is 0 Å². The van der Waals surface area contributed by atoms with Crippen LogP contribution in [0.5, 0.6) is 0 Å². The van der Waals surface area contributed by atoms with Gasteiger partial charge in [0.25, 0.3) is 0 Å². The van der Waals surface area contributed by atoms with Gasteiger partial charge in [-0.3, -0.25) is 4.79 Å². The van der Waals surface area contributed by atoms with Crippen LogP contribution in [0.1, 0.15) is 45.8 Å². The number of rotatable bonds is 3. The van der Waals surface area contributed by atoms with Crippen LogP contribution >= 0.6 is 0 Å². The maximum atomic E-state index is 11.4. The number of carbonyl (C=O) groups excluding carboxylic acids is 1. The van der Waals surface area contributed by atoms with E-state index in [9.17, 15) is 4.79 Å². The monoisotopic (exact) mass is 422 g/mol. The van der Waals surface area contributed by atoms with Gasteiger partial charge < -0.3 is 15.6 Å². The number of nitrogens with two attached hydrogens (primary N) is 1. The van der Waals surface area contributed by atoms with Crippen LogP contribution < -0.4 is 5.73 Å². The van der Waals surface area contributed by atoms with Crippen molar-refractivity contribution in [1.29, 1.82) is 0 Å². The SMILES string of the molecule is CN1Cc2cc(-c3cnc4[nH]cc(-c5ccc(C(N)=O)cc5)c4c3)cc3c2C(CCC3)C1. The summed E-state index contributed by atoms with van der Waals surface area (Å²) in [5.41, 5.74) is 15.9. The van der Waals surface area contributed by atoms with E-state index in [1.54, 1.807) is 17.7 Å². The van der Waals surface area contributed by atoms with Gasteiger partial charge in [0.05, 0.1) is 0 Å². The first-order chi connectivity index (χ1) is 15.6. The molecule has 3 heterocycles. The van der Waals surface area contributed by atoms with E-state index in [2.05, 4.69) is 35.1 Å². The molecule has 3 N–H and O–H groups in total. The quantitative estimate of drug-likeness (QED) is 0.495. The predicted molar refractivity (Wildman–Crippen MR) is 127 cm³/mol. The Morgan fingerprint density at radius 3 is 2.72 bits per heavy atom. The molecule has 0 fully saturated rings. The number of nitrogens with one attached hydrogen (secondary N) is 1. The van der Waals surface area contributed by atoms with Crippen molar-refractivity contribution in [3.05, 3.63) is 77.1 Å². The van der Waals surface area contributed by atoms with Crippen molar-refractivity contribution < 1.29 is 4.79 Å². The lowest BCUT2D eigenvalue weighted by Crippen LogP contribution is -2.33. The first kappa shape index (κ1) is 19.3. The molecule has 2 aliphatic rings. The molecule has 2 aromatic heterocycles. The lowest BCUT2D eigenvalue weighted by molar-refractivity contribution is 0.100. The normalized spacial score (nSPS) is 18.0. The molecular weight excluding hydrogens is 396 g/mol. The summed E-state index contributed by atoms with van der Waals surface area (Å²) < 4.78 is 0. The highest BCUT2D eigenvalue weighted by Gasteiger charge is 2.29. The molecule has 1 aliphatic heterocycles. The number of benzene rings is 2. The van der Waals surface area contributed by atoms with Crippen molar-refractivity contribution in [3.8, 4) is 22.3 Å². The second kappa shape index (κ2) is 7.31. The van der Waals surface area contributed by atoms with Gasteiger partial charge in [0.1, 0.15) is 5.65 Å². The molecule has 0 radical (unpaired) electrons. The van der Waals surface area contributed by atoms with Gasteiger partial charge >= 0.3 is 0 Å². The Morgan fingerprint density at radius 2 is 1.91 bits per heavy atom. The minimum Gasteiger partial charge on any atom is -0.366 e. The zero-order valence-electron chi connectivity index (χ0n) is 18.2. The number of H-pyrrole nitrogens is 1. The maximum Gasteiger partial charge on any atom is 0.248 e. The molecule has 5 nitrogen and oxygen atoms in total. The van der Waals surface area contributed by atoms with Crippen LogP contribution in [0.15, 0.2) is 54.9 Å². The van der Waals surface area contributed by atoms with Gasteiger partial charge in [-0.25, -0.2) is 4.98 Å². The highest BCUT2D eigenvalue weighted by Crippen LogP contribution is 2.41. The molecule has 32 heavy (non-hydrogen) atoms. The Hall–Kier alpha value is -3.44. The van der Waals surface area contributed by atoms with Crippen LogP contribution in [0.25, 0.3) is 33.3 Å². The second-order valence-corrected chi connectivity index (χ2v) is 9.26. The number of hydrogen-bond donors (Lipinski definition) is 2. The number of fused-ring (bicyclic) bond motifs is 1. The number of aryl methyl sites for hydroxylation is 1. The number of primary amides is 1. The minimum absolute atomic E-state index is 0.413. The summed E-state index contributed by atoms with van der Waals surface area (Å²) in [4.78, 5) is 21.9. The van der Waals surface area contributed by atoms with Crippen LogP contribution in [0.3, 0.4) is 0 Å². The average molecular weight is 423 g/mol. The van der Waals surface area contributed by atoms with Crippen LogP contribution in [0.4, 0.5) is 0 Å². The van der Waals surface area contributed by atoms with Gasteiger partial charge in [0, 0.05) is 47.6 Å². The van der Waals surface area contributed by atoms with Crippen molar-refractivity contribution in [1.82, 2.24) is 14.9 Å². The Bertz CT molecular complexity index is 1350. The summed E-state index contributed by atoms with van der Waals surface area (Å²) in [7, 11) is 2.23. The maximum absolute atomic E-state index is 11.4. The molecule has 1 unspecified atom stereocenters. The number of hydrogen-bond acceptors (Lipinski definition) is 3. The zero-order valence-corrected chi connectivity index (χ0v) is 18.2. The third-order valence-electron chi connectivity index (χ3n) is 7.08. The van der Waals surface area contributed by atoms with E-state index < -0.39 is 5.91 Å². The number of likely N-dealkylation sites (N-methyl/N-ethyl adjacent to an activating group) is 1. The summed E-state index contributed by atoms with van der Waals surface area (Å²) >= 11 is 0. The molecule has 160 valence electrons. The standard InChI is InChI=1S/C27H26N4O/c1-31-14-19-4-2-3-18-9-20(10-22(15-31)25(18)19)21-11-23-24(13-30-27(23)29-12-21)16-5-7-17(8-6-16)26(28)32/h5-13,19H,2-4,14-15H2,1H3,(H2,28,32)(H,29,30). The van der Waals surface area contributed by atoms with Crippen molar-refractivity contribution >= 4 is 16.9 Å². The van der Waals surface area contributed by atoms with Gasteiger partial charge in [-0.05, 0) is 84.3 Å². The Balaban J connectivity index is 1.45. The predicted octanol–water partition coefficient (Wildman–Crippen LogP) is 4.86. The lowest BCUT2D eigenvalue weighted by Gasteiger charge is -2.37. The Morgan fingerprint density at radius 1 is 1.09 bits per heavy atom. The van der Waals surface area contributed by atoms with Crippen molar-refractivity contribution in [3.63, 3.8) is 0 Å². The summed E-state index contributed by atoms with van der Waals surface area (Å²) in [5, 5.41) is 1.08. The molecule has 4 aromatic rings. The fraction of sp³-hybridized carbons (Fsp3) is 0.259. The smallest absolute Gasteiger partial charge is 0.248 e. The average Bonchev–Trinajstić information content (AvgIpc) is 3.22. The minimum atomic E-state index is -0.413. The van der Waals surface area contributed by atoms with Gasteiger partial charge in [-0.2, -0.15) is 0 Å². The zero-order chi connectivity index (χ0) is 21.8. The second-order valence-electron chi connectivity index (χ2n) is 9.26. The third kappa shape index (κ3) is 3.12. The summed E-state index contributed by atoms with van der Waals surface area (Å²) in [5.74, 6) is 0.269. The topological polar surface area (TPSA) is 75.0 Å². The number of amides is 1. The summed E-state index contributed by atoms with van der Waals surface area (Å²) in [6.07, 6.45) is 7.71. The summed E-state index contributed by atoms with van der Waals surface area (Å²) in [6.45, 7) is 2.19. The molecule has 1 aliphatic carbocycles. The highest BCUT2D eigenvalue weighted by molar-refractivity contribution is 5.97. The molecule has 5 heteroatoms. The van der Waals surface area contributed by atoms with E-state index in [-0.39, 0.29) is 0 Å². The van der Waals surface area contributed by atoms with E-state index >= 15 is 0 Å². The van der Waals surface area contributed by atoms with Gasteiger partial charge in [0.2, 0.25) is 5.91 Å². The largest absolute Gasteiger partial charge is 0.366 e. The molecule has 2 aromatic carbocycles. The van der Waals surface area contributed by atoms with Gasteiger partial charge in [-0.15, -0.1) is 0 Å². The van der Waals surface area contributed by atoms with Crippen LogP contribution in [-0.2, 0) is 13.0 Å². The van der Waals surface area contributed by atoms with Crippen LogP contribution in [-0.4, -0.2) is 34.4 Å². The van der Waals surface area contributed by atoms with Crippen molar-refractivity contribution in [2.75, 3.05) is 13.6 Å². The Kier molecular flexibility index (Phi) is 4.40. The molecule has 6 rings (SSSR count). The lowest BCUT2D eigenvalue weighted by atomic mass is 9.76. The fourth-order valence-electron chi connectivity index (χ4n) is 5.62. The third-order valence-corrected chi connectivity index (χ3v) is 7.08.